The minimum absolute atomic E-state index is 0.0508. The van der Waals surface area contributed by atoms with Gasteiger partial charge in [0.1, 0.15) is 17.1 Å². The molecule has 3 N–H and O–H groups in total. The van der Waals surface area contributed by atoms with Gasteiger partial charge in [0.15, 0.2) is 6.61 Å². The van der Waals surface area contributed by atoms with E-state index in [1.807, 2.05) is 35.2 Å². The van der Waals surface area contributed by atoms with Gasteiger partial charge < -0.3 is 29.7 Å². The summed E-state index contributed by atoms with van der Waals surface area (Å²) in [6.07, 6.45) is 8.49. The Labute approximate surface area is 353 Å². The van der Waals surface area contributed by atoms with Gasteiger partial charge in [-0.25, -0.2) is 4.98 Å². The molecule has 5 heterocycles. The summed E-state index contributed by atoms with van der Waals surface area (Å²) in [5.41, 5.74) is 4.10. The number of hydrogen-bond donors (Lipinski definition) is 3. The minimum Gasteiger partial charge on any atom is -0.484 e. The van der Waals surface area contributed by atoms with Crippen molar-refractivity contribution in [2.75, 3.05) is 65.3 Å². The Kier molecular flexibility index (Phi) is 12.3. The number of anilines is 2. The molecule has 1 aliphatic carbocycles. The molecular formula is C44H53N11O6. The van der Waals surface area contributed by atoms with Gasteiger partial charge in [-0.2, -0.15) is 10.1 Å². The Balaban J connectivity index is 0.743. The van der Waals surface area contributed by atoms with Gasteiger partial charge in [0, 0.05) is 101 Å². The maximum atomic E-state index is 13.0. The molecule has 3 fully saturated rings. The van der Waals surface area contributed by atoms with Crippen molar-refractivity contribution >= 4 is 63.1 Å². The number of piperidine rings is 1. The monoisotopic (exact) mass is 831 g/mol. The topological polar surface area (TPSA) is 189 Å². The summed E-state index contributed by atoms with van der Waals surface area (Å²) in [6, 6.07) is 14.8. The predicted molar refractivity (Wildman–Crippen MR) is 229 cm³/mol. The maximum absolute atomic E-state index is 13.0. The molecule has 1 atom stereocenters. The normalized spacial score (nSPS) is 17.5. The average molecular weight is 832 g/mol. The summed E-state index contributed by atoms with van der Waals surface area (Å²) in [4.78, 5) is 78.2. The van der Waals surface area contributed by atoms with Crippen molar-refractivity contribution in [1.82, 2.24) is 49.6 Å². The third-order valence-corrected chi connectivity index (χ3v) is 12.0. The second-order valence-electron chi connectivity index (χ2n) is 16.4. The second kappa shape index (κ2) is 18.1. The second-order valence-corrected chi connectivity index (χ2v) is 16.4. The number of carbonyl (C=O) groups is 5. The van der Waals surface area contributed by atoms with Gasteiger partial charge in [0.2, 0.25) is 17.8 Å². The van der Waals surface area contributed by atoms with Crippen molar-refractivity contribution in [3.63, 3.8) is 0 Å². The van der Waals surface area contributed by atoms with E-state index in [4.69, 9.17) is 9.72 Å². The Hall–Kier alpha value is -6.36. The first-order valence-electron chi connectivity index (χ1n) is 21.2. The predicted octanol–water partition coefficient (Wildman–Crippen LogP) is 4.13. The summed E-state index contributed by atoms with van der Waals surface area (Å²) in [5.74, 6) is -0.380. The molecule has 5 aromatic rings. The van der Waals surface area contributed by atoms with Crippen molar-refractivity contribution < 1.29 is 28.7 Å². The fourth-order valence-electron chi connectivity index (χ4n) is 8.62. The van der Waals surface area contributed by atoms with E-state index >= 15 is 0 Å². The lowest BCUT2D eigenvalue weighted by Gasteiger charge is -2.34. The zero-order valence-corrected chi connectivity index (χ0v) is 35.0. The van der Waals surface area contributed by atoms with Gasteiger partial charge in [-0.15, -0.1) is 0 Å². The average Bonchev–Trinajstić information content (AvgIpc) is 4.00. The summed E-state index contributed by atoms with van der Waals surface area (Å²) < 4.78 is 9.67. The van der Waals surface area contributed by atoms with Crippen molar-refractivity contribution in [3.05, 3.63) is 71.7 Å². The lowest BCUT2D eigenvalue weighted by Crippen LogP contribution is -2.50. The Morgan fingerprint density at radius 1 is 0.951 bits per heavy atom. The molecule has 320 valence electrons. The van der Waals surface area contributed by atoms with Crippen LogP contribution in [0.2, 0.25) is 0 Å². The number of amides is 5. The molecule has 3 aliphatic rings. The number of carbonyl (C=O) groups excluding carboxylic acids is 5. The zero-order valence-electron chi connectivity index (χ0n) is 35.0. The molecule has 8 rings (SSSR count). The number of rotatable bonds is 14. The first-order valence-corrected chi connectivity index (χ1v) is 21.2. The van der Waals surface area contributed by atoms with E-state index < -0.39 is 5.92 Å². The van der Waals surface area contributed by atoms with Crippen LogP contribution in [0.15, 0.2) is 54.7 Å². The number of benzene rings is 2. The molecule has 17 nitrogen and oxygen atoms in total. The molecule has 17 heteroatoms. The van der Waals surface area contributed by atoms with E-state index in [1.54, 1.807) is 55.1 Å². The van der Waals surface area contributed by atoms with Crippen LogP contribution in [-0.4, -0.2) is 129 Å². The molecule has 3 aromatic heterocycles. The highest BCUT2D eigenvalue weighted by molar-refractivity contribution is 6.02. The number of unbranched alkanes of at least 4 members (excludes halogenated alkanes) is 1. The third kappa shape index (κ3) is 9.21. The van der Waals surface area contributed by atoms with E-state index in [0.29, 0.717) is 54.7 Å². The highest BCUT2D eigenvalue weighted by Crippen LogP contribution is 2.35. The quantitative estimate of drug-likeness (QED) is 0.108. The van der Waals surface area contributed by atoms with Crippen LogP contribution in [0, 0.1) is 0 Å². The largest absolute Gasteiger partial charge is 0.484 e. The smallest absolute Gasteiger partial charge is 0.270 e. The number of hydrogen-bond acceptors (Lipinski definition) is 11. The number of ether oxygens (including phenoxy) is 1. The summed E-state index contributed by atoms with van der Waals surface area (Å²) >= 11 is 0. The molecule has 2 saturated heterocycles. The Morgan fingerprint density at radius 3 is 2.46 bits per heavy atom. The van der Waals surface area contributed by atoms with Gasteiger partial charge in [-0.3, -0.25) is 38.9 Å². The van der Waals surface area contributed by atoms with Crippen LogP contribution in [0.25, 0.3) is 21.9 Å². The van der Waals surface area contributed by atoms with Crippen LogP contribution >= 0.6 is 0 Å². The van der Waals surface area contributed by atoms with Crippen molar-refractivity contribution in [2.45, 2.75) is 63.3 Å². The number of imide groups is 1. The van der Waals surface area contributed by atoms with E-state index in [2.05, 4.69) is 35.5 Å². The van der Waals surface area contributed by atoms with E-state index in [0.717, 1.165) is 85.8 Å². The van der Waals surface area contributed by atoms with Crippen LogP contribution in [0.1, 0.15) is 89.9 Å². The minimum atomic E-state index is -0.488. The molecule has 61 heavy (non-hydrogen) atoms. The maximum Gasteiger partial charge on any atom is 0.270 e. The van der Waals surface area contributed by atoms with E-state index in [9.17, 15) is 24.0 Å². The van der Waals surface area contributed by atoms with Gasteiger partial charge in [0.25, 0.3) is 17.7 Å². The fraction of sp³-hybridized carbons (Fsp3) is 0.455. The lowest BCUT2D eigenvalue weighted by atomic mass is 9.93. The van der Waals surface area contributed by atoms with Crippen LogP contribution in [0.4, 0.5) is 11.6 Å². The van der Waals surface area contributed by atoms with Crippen molar-refractivity contribution in [1.29, 1.82) is 0 Å². The number of fused-ring (bicyclic) bond motifs is 2. The van der Waals surface area contributed by atoms with Crippen molar-refractivity contribution in [2.24, 2.45) is 7.05 Å². The highest BCUT2D eigenvalue weighted by atomic mass is 16.5. The van der Waals surface area contributed by atoms with Gasteiger partial charge in [-0.1, -0.05) is 12.8 Å². The van der Waals surface area contributed by atoms with E-state index in [-0.39, 0.29) is 48.6 Å². The molecule has 0 bridgehead atoms. The van der Waals surface area contributed by atoms with Gasteiger partial charge >= 0.3 is 0 Å². The Bertz CT molecular complexity index is 2450. The molecule has 2 aliphatic heterocycles. The first-order chi connectivity index (χ1) is 29.5. The molecule has 2 aromatic carbocycles. The molecular weight excluding hydrogens is 779 g/mol. The molecule has 0 spiro atoms. The number of aromatic nitrogens is 5. The molecule has 0 radical (unpaired) electrons. The van der Waals surface area contributed by atoms with Crippen molar-refractivity contribution in [3.8, 4) is 5.75 Å². The van der Waals surface area contributed by atoms with Crippen LogP contribution in [-0.2, 0) is 21.4 Å². The summed E-state index contributed by atoms with van der Waals surface area (Å²) in [5, 5.41) is 14.9. The van der Waals surface area contributed by atoms with E-state index in [1.165, 1.54) is 0 Å². The lowest BCUT2D eigenvalue weighted by molar-refractivity contribution is -0.135. The molecule has 1 saturated carbocycles. The van der Waals surface area contributed by atoms with Gasteiger partial charge in [0.05, 0.1) is 17.1 Å². The third-order valence-electron chi connectivity index (χ3n) is 12.0. The fourth-order valence-corrected chi connectivity index (χ4v) is 8.62. The molecule has 1 unspecified atom stereocenters. The number of aryl methyl sites for hydroxylation is 1. The number of nitrogens with zero attached hydrogens (tertiary/aromatic N) is 8. The van der Waals surface area contributed by atoms with Crippen LogP contribution in [0.3, 0.4) is 0 Å². The summed E-state index contributed by atoms with van der Waals surface area (Å²) in [6.45, 7) is 4.14. The standard InChI is InChI=1S/C44H53N11O6/c1-51(2)43(60)36-24-29-26-46-44(49-40(29)55(36)31-8-4-5-9-31)47-30-12-10-28(11-13-30)41(58)45-18-6-7-19-53-20-22-54(23-21-53)38(57)27-61-32-14-15-33-35(25-32)52(3)50-39(33)34-16-17-37(56)48-42(34)59/h10-15,24-26,31,34H,4-9,16-23,27H2,1-3H3,(H,45,58)(H,46,47,49)(H,48,56,59). The Morgan fingerprint density at radius 2 is 1.72 bits per heavy atom. The number of piperazine rings is 1. The van der Waals surface area contributed by atoms with Gasteiger partial charge in [-0.05, 0) is 81.1 Å². The van der Waals surface area contributed by atoms with Crippen LogP contribution in [0.5, 0.6) is 5.75 Å². The summed E-state index contributed by atoms with van der Waals surface area (Å²) in [7, 11) is 5.32. The highest BCUT2D eigenvalue weighted by Gasteiger charge is 2.32. The number of nitrogens with one attached hydrogen (secondary N) is 3. The van der Waals surface area contributed by atoms with Crippen LogP contribution < -0.4 is 20.7 Å². The zero-order chi connectivity index (χ0) is 42.6. The first kappa shape index (κ1) is 41.4. The molecule has 5 amide bonds. The SMILES string of the molecule is CN(C)C(=O)c1cc2cnc(Nc3ccc(C(=O)NCCCCN4CCN(C(=O)COc5ccc6c(C7CCC(=O)NC7=O)nn(C)c6c5)CC4)cc3)nc2n1C1CCCC1.